The third-order valence-electron chi connectivity index (χ3n) is 5.86. The van der Waals surface area contributed by atoms with Crippen molar-refractivity contribution >= 4 is 19.6 Å². The van der Waals surface area contributed by atoms with E-state index in [2.05, 4.69) is 88.3 Å². The topological polar surface area (TPSA) is 49.8 Å². The quantitative estimate of drug-likeness (QED) is 0.353. The first-order valence-corrected chi connectivity index (χ1v) is 11.4. The minimum atomic E-state index is -0.741. The summed E-state index contributed by atoms with van der Waals surface area (Å²) in [5, 5.41) is 11.3. The molecule has 0 saturated carbocycles. The highest BCUT2D eigenvalue weighted by Gasteiger charge is 2.27. The summed E-state index contributed by atoms with van der Waals surface area (Å²) < 4.78 is -0.419. The largest absolute Gasteiger partial charge is 0.312 e. The second-order valence-electron chi connectivity index (χ2n) is 10.1. The summed E-state index contributed by atoms with van der Waals surface area (Å²) in [6.07, 6.45) is 0.396. The van der Waals surface area contributed by atoms with Gasteiger partial charge in [0.25, 0.3) is 0 Å². The summed E-state index contributed by atoms with van der Waals surface area (Å²) in [5.74, 6) is 6.71. The van der Waals surface area contributed by atoms with E-state index in [-0.39, 0.29) is 10.8 Å². The van der Waals surface area contributed by atoms with Crippen LogP contribution in [-0.4, -0.2) is 7.85 Å². The van der Waals surface area contributed by atoms with E-state index in [9.17, 15) is 0 Å². The first kappa shape index (κ1) is 25.1. The van der Waals surface area contributed by atoms with Crippen molar-refractivity contribution in [1.82, 2.24) is 0 Å². The van der Waals surface area contributed by atoms with Crippen molar-refractivity contribution in [2.24, 2.45) is 5.73 Å². The molecule has 2 aromatic rings. The van der Waals surface area contributed by atoms with Crippen LogP contribution in [0.5, 0.6) is 0 Å². The molecule has 0 heterocycles. The molecule has 2 N–H and O–H groups in total. The molecule has 0 spiro atoms. The normalized spacial score (nSPS) is 15.7. The molecular formula is C27H33BN2S. The molecule has 2 radical (unpaired) electrons. The van der Waals surface area contributed by atoms with E-state index in [4.69, 9.17) is 18.8 Å². The number of hydrogen-bond acceptors (Lipinski definition) is 3. The Balaban J connectivity index is 2.29. The van der Waals surface area contributed by atoms with E-state index in [0.717, 1.165) is 16.7 Å². The molecule has 2 nitrogen and oxygen atoms in total. The molecule has 2 aromatic carbocycles. The summed E-state index contributed by atoms with van der Waals surface area (Å²) in [6, 6.07) is 16.7. The summed E-state index contributed by atoms with van der Waals surface area (Å²) in [5.41, 5.74) is 10.0. The van der Waals surface area contributed by atoms with Crippen LogP contribution in [0.3, 0.4) is 0 Å². The predicted molar refractivity (Wildman–Crippen MR) is 135 cm³/mol. The predicted octanol–water partition coefficient (Wildman–Crippen LogP) is 6.16. The lowest BCUT2D eigenvalue weighted by Crippen LogP contribution is -2.32. The van der Waals surface area contributed by atoms with E-state index in [1.807, 2.05) is 26.0 Å². The second-order valence-corrected chi connectivity index (χ2v) is 11.4. The van der Waals surface area contributed by atoms with Crippen molar-refractivity contribution < 1.29 is 0 Å². The van der Waals surface area contributed by atoms with E-state index >= 15 is 0 Å². The van der Waals surface area contributed by atoms with Gasteiger partial charge in [-0.15, -0.1) is 0 Å². The van der Waals surface area contributed by atoms with Crippen LogP contribution in [0.25, 0.3) is 0 Å². The zero-order valence-electron chi connectivity index (χ0n) is 19.8. The van der Waals surface area contributed by atoms with Gasteiger partial charge in [0.05, 0.1) is 13.3 Å². The van der Waals surface area contributed by atoms with Crippen LogP contribution in [0, 0.1) is 22.5 Å². The van der Waals surface area contributed by atoms with Crippen molar-refractivity contribution in [1.29, 1.82) is 5.26 Å². The van der Waals surface area contributed by atoms with Gasteiger partial charge in [0, 0.05) is 4.75 Å². The summed E-state index contributed by atoms with van der Waals surface area (Å²) >= 11 is 1.19. The van der Waals surface area contributed by atoms with E-state index in [0.29, 0.717) is 6.32 Å². The Morgan fingerprint density at radius 1 is 0.774 bits per heavy atom. The van der Waals surface area contributed by atoms with Crippen molar-refractivity contribution in [3.8, 4) is 17.2 Å². The highest BCUT2D eigenvalue weighted by molar-refractivity contribution is 8.04. The molecule has 0 aliphatic carbocycles. The van der Waals surface area contributed by atoms with Crippen LogP contribution in [0.1, 0.15) is 70.7 Å². The summed E-state index contributed by atoms with van der Waals surface area (Å²) in [7, 11) is 5.92. The number of rotatable bonds is 5. The number of nitrogens with zero attached hydrogens (tertiary/aromatic N) is 1. The van der Waals surface area contributed by atoms with Crippen LogP contribution < -0.4 is 5.73 Å². The van der Waals surface area contributed by atoms with E-state index < -0.39 is 10.3 Å². The molecule has 0 fully saturated rings. The molecule has 160 valence electrons. The molecule has 2 rings (SSSR count). The third kappa shape index (κ3) is 5.97. The number of nitrogens with two attached hydrogens (primary N) is 1. The lowest BCUT2D eigenvalue weighted by molar-refractivity contribution is 0.587. The van der Waals surface area contributed by atoms with Gasteiger partial charge in [-0.3, -0.25) is 0 Å². The Kier molecular flexibility index (Phi) is 7.42. The standard InChI is InChI=1S/C27H33BN2S/c1-24(2,3)20-8-12-22(13-9-20)26(6,30)17-16-25(4,5)21-10-14-23(15-11-21)27(7,18-28)31-19-29/h8-15H,18,30H2,1-7H3. The number of hydrogen-bond donors (Lipinski definition) is 1. The van der Waals surface area contributed by atoms with Crippen LogP contribution >= 0.6 is 11.8 Å². The highest BCUT2D eigenvalue weighted by atomic mass is 32.2. The summed E-state index contributed by atoms with van der Waals surface area (Å²) in [4.78, 5) is 0. The van der Waals surface area contributed by atoms with Crippen LogP contribution in [0.4, 0.5) is 0 Å². The Bertz CT molecular complexity index is 997. The van der Waals surface area contributed by atoms with Crippen molar-refractivity contribution in [3.63, 3.8) is 0 Å². The minimum Gasteiger partial charge on any atom is -0.312 e. The maximum absolute atomic E-state index is 9.10. The van der Waals surface area contributed by atoms with Gasteiger partial charge in [-0.05, 0) is 67.1 Å². The van der Waals surface area contributed by atoms with E-state index in [1.54, 1.807) is 0 Å². The Morgan fingerprint density at radius 2 is 1.23 bits per heavy atom. The van der Waals surface area contributed by atoms with Gasteiger partial charge in [-0.2, -0.15) is 5.26 Å². The second kappa shape index (κ2) is 9.16. The van der Waals surface area contributed by atoms with Gasteiger partial charge in [-0.25, -0.2) is 0 Å². The molecular weight excluding hydrogens is 395 g/mol. The molecule has 2 unspecified atom stereocenters. The zero-order chi connectivity index (χ0) is 23.5. The molecule has 2 atom stereocenters. The maximum atomic E-state index is 9.10. The van der Waals surface area contributed by atoms with Gasteiger partial charge in [0.1, 0.15) is 10.9 Å². The number of thioether (sulfide) groups is 1. The van der Waals surface area contributed by atoms with Gasteiger partial charge in [-0.1, -0.05) is 87.5 Å². The molecule has 0 aromatic heterocycles. The van der Waals surface area contributed by atoms with Crippen LogP contribution in [-0.2, 0) is 21.1 Å². The molecule has 0 aliphatic rings. The smallest absolute Gasteiger partial charge is 0.134 e. The fraction of sp³-hybridized carbons (Fsp3) is 0.444. The fourth-order valence-corrected chi connectivity index (χ4v) is 3.84. The van der Waals surface area contributed by atoms with Crippen molar-refractivity contribution in [2.45, 2.75) is 75.9 Å². The van der Waals surface area contributed by atoms with Gasteiger partial charge in [0.15, 0.2) is 0 Å². The third-order valence-corrected chi connectivity index (χ3v) is 6.81. The Hall–Kier alpha value is -2.14. The average Bonchev–Trinajstić information content (AvgIpc) is 2.72. The molecule has 31 heavy (non-hydrogen) atoms. The number of nitriles is 1. The van der Waals surface area contributed by atoms with Crippen molar-refractivity contribution in [3.05, 3.63) is 70.8 Å². The zero-order valence-corrected chi connectivity index (χ0v) is 20.7. The molecule has 0 aliphatic heterocycles. The highest BCUT2D eigenvalue weighted by Crippen LogP contribution is 2.39. The number of benzene rings is 2. The Morgan fingerprint density at radius 3 is 1.68 bits per heavy atom. The van der Waals surface area contributed by atoms with Gasteiger partial charge in [0.2, 0.25) is 0 Å². The number of thiocyanates is 1. The molecule has 0 amide bonds. The molecule has 4 heteroatoms. The lowest BCUT2D eigenvalue weighted by atomic mass is 9.81. The molecule has 0 bridgehead atoms. The van der Waals surface area contributed by atoms with Crippen LogP contribution in [0.2, 0.25) is 6.32 Å². The monoisotopic (exact) mass is 428 g/mol. The van der Waals surface area contributed by atoms with Crippen LogP contribution in [0.15, 0.2) is 48.5 Å². The molecule has 0 saturated heterocycles. The maximum Gasteiger partial charge on any atom is 0.134 e. The minimum absolute atomic E-state index is 0.106. The SMILES string of the molecule is [B]CC(C)(SC#N)c1ccc(C(C)(C)C#CC(C)(N)c2ccc(C(C)(C)C)cc2)cc1. The summed E-state index contributed by atoms with van der Waals surface area (Å²) in [6.45, 7) is 14.7. The van der Waals surface area contributed by atoms with Crippen molar-refractivity contribution in [2.75, 3.05) is 0 Å². The average molecular weight is 428 g/mol. The lowest BCUT2D eigenvalue weighted by Gasteiger charge is -2.27. The van der Waals surface area contributed by atoms with Gasteiger partial charge < -0.3 is 5.73 Å². The Labute approximate surface area is 194 Å². The van der Waals surface area contributed by atoms with E-state index in [1.165, 1.54) is 17.3 Å². The fourth-order valence-electron chi connectivity index (χ4n) is 3.31. The first-order chi connectivity index (χ1) is 14.2. The van der Waals surface area contributed by atoms with Gasteiger partial charge >= 0.3 is 0 Å². The first-order valence-electron chi connectivity index (χ1n) is 10.6.